The van der Waals surface area contributed by atoms with Crippen LogP contribution in [0.15, 0.2) is 36.5 Å². The third kappa shape index (κ3) is 5.10. The number of anilines is 2. The van der Waals surface area contributed by atoms with Gasteiger partial charge >= 0.3 is 12.1 Å². The van der Waals surface area contributed by atoms with Gasteiger partial charge < -0.3 is 19.7 Å². The normalized spacial score (nSPS) is 10.2. The van der Waals surface area contributed by atoms with E-state index in [0.717, 1.165) is 12.8 Å². The van der Waals surface area contributed by atoms with Crippen LogP contribution in [0.4, 0.5) is 16.2 Å². The first kappa shape index (κ1) is 19.0. The Labute approximate surface area is 150 Å². The molecule has 1 aromatic carbocycles. The minimum Gasteiger partial charge on any atom is -0.478 e. The Morgan fingerprint density at radius 3 is 2.42 bits per heavy atom. The molecule has 8 nitrogen and oxygen atoms in total. The van der Waals surface area contributed by atoms with Crippen LogP contribution in [-0.2, 0) is 11.8 Å². The predicted molar refractivity (Wildman–Crippen MR) is 96.6 cm³/mol. The zero-order valence-electron chi connectivity index (χ0n) is 14.6. The third-order valence-electron chi connectivity index (χ3n) is 3.60. The van der Waals surface area contributed by atoms with Gasteiger partial charge in [0.1, 0.15) is 5.69 Å². The van der Waals surface area contributed by atoms with Gasteiger partial charge in [0.25, 0.3) is 5.91 Å². The van der Waals surface area contributed by atoms with E-state index in [1.165, 1.54) is 30.3 Å². The number of carboxylic acid groups (broad SMARTS) is 1. The molecular weight excluding hydrogens is 338 g/mol. The fraction of sp³-hybridized carbons (Fsp3) is 0.278. The van der Waals surface area contributed by atoms with E-state index in [9.17, 15) is 14.4 Å². The van der Waals surface area contributed by atoms with Crippen molar-refractivity contribution in [2.24, 2.45) is 7.05 Å². The van der Waals surface area contributed by atoms with Gasteiger partial charge in [-0.25, -0.2) is 9.59 Å². The predicted octanol–water partition coefficient (Wildman–Crippen LogP) is 3.32. The summed E-state index contributed by atoms with van der Waals surface area (Å²) in [6, 6.07) is 7.36. The average molecular weight is 359 g/mol. The maximum atomic E-state index is 12.4. The molecule has 0 aliphatic rings. The molecule has 26 heavy (non-hydrogen) atoms. The highest BCUT2D eigenvalue weighted by atomic mass is 16.5. The molecule has 0 saturated heterocycles. The van der Waals surface area contributed by atoms with Crippen LogP contribution in [0.1, 0.15) is 40.6 Å². The van der Waals surface area contributed by atoms with E-state index >= 15 is 0 Å². The van der Waals surface area contributed by atoms with Crippen molar-refractivity contribution in [2.75, 3.05) is 17.2 Å². The summed E-state index contributed by atoms with van der Waals surface area (Å²) in [6.07, 6.45) is 2.75. The van der Waals surface area contributed by atoms with E-state index in [2.05, 4.69) is 10.6 Å². The summed E-state index contributed by atoms with van der Waals surface area (Å²) in [5, 5.41) is 14.1. The topological polar surface area (TPSA) is 110 Å². The van der Waals surface area contributed by atoms with E-state index in [1.54, 1.807) is 17.8 Å². The van der Waals surface area contributed by atoms with Crippen LogP contribution in [0.5, 0.6) is 0 Å². The molecule has 0 atom stereocenters. The summed E-state index contributed by atoms with van der Waals surface area (Å²) in [7, 11) is 1.68. The van der Waals surface area contributed by atoms with Gasteiger partial charge in [-0.05, 0) is 36.8 Å². The Kier molecular flexibility index (Phi) is 6.37. The first-order chi connectivity index (χ1) is 12.4. The van der Waals surface area contributed by atoms with Crippen LogP contribution >= 0.6 is 0 Å². The molecule has 0 saturated carbocycles. The summed E-state index contributed by atoms with van der Waals surface area (Å²) in [4.78, 5) is 34.9. The number of carboxylic acids is 1. The molecule has 0 fully saturated rings. The Bertz CT molecular complexity index is 796. The molecule has 0 aliphatic heterocycles. The lowest BCUT2D eigenvalue weighted by atomic mass is 10.2. The Morgan fingerprint density at radius 2 is 1.81 bits per heavy atom. The molecule has 1 heterocycles. The molecule has 2 rings (SSSR count). The Morgan fingerprint density at radius 1 is 1.12 bits per heavy atom. The summed E-state index contributed by atoms with van der Waals surface area (Å²) in [5.74, 6) is -1.42. The molecule has 0 aliphatic carbocycles. The number of aryl methyl sites for hydroxylation is 1. The van der Waals surface area contributed by atoms with Gasteiger partial charge in [-0.1, -0.05) is 13.3 Å². The zero-order valence-corrected chi connectivity index (χ0v) is 14.6. The van der Waals surface area contributed by atoms with Crippen LogP contribution < -0.4 is 10.6 Å². The fourth-order valence-corrected chi connectivity index (χ4v) is 2.21. The minimum absolute atomic E-state index is 0.134. The second-order valence-corrected chi connectivity index (χ2v) is 5.68. The van der Waals surface area contributed by atoms with Gasteiger partial charge in [0.15, 0.2) is 0 Å². The van der Waals surface area contributed by atoms with Crippen molar-refractivity contribution in [3.05, 3.63) is 47.8 Å². The lowest BCUT2D eigenvalue weighted by Gasteiger charge is -2.06. The average Bonchev–Trinajstić information content (AvgIpc) is 2.96. The second-order valence-electron chi connectivity index (χ2n) is 5.68. The molecule has 0 bridgehead atoms. The van der Waals surface area contributed by atoms with Gasteiger partial charge in [-0.15, -0.1) is 0 Å². The largest absolute Gasteiger partial charge is 0.478 e. The highest BCUT2D eigenvalue weighted by Crippen LogP contribution is 2.16. The van der Waals surface area contributed by atoms with Crippen LogP contribution in [0, 0.1) is 0 Å². The number of aromatic carboxylic acids is 1. The van der Waals surface area contributed by atoms with Crippen molar-refractivity contribution >= 4 is 29.3 Å². The fourth-order valence-electron chi connectivity index (χ4n) is 2.21. The highest BCUT2D eigenvalue weighted by Gasteiger charge is 2.14. The number of rotatable bonds is 7. The number of amides is 2. The minimum atomic E-state index is -1.04. The van der Waals surface area contributed by atoms with Crippen molar-refractivity contribution in [1.29, 1.82) is 0 Å². The number of aromatic nitrogens is 1. The number of unbranched alkanes of at least 4 members (excludes halogenated alkanes) is 1. The molecule has 0 unspecified atom stereocenters. The summed E-state index contributed by atoms with van der Waals surface area (Å²) in [6.45, 7) is 2.34. The van der Waals surface area contributed by atoms with Crippen LogP contribution in [0.3, 0.4) is 0 Å². The van der Waals surface area contributed by atoms with Gasteiger partial charge in [0, 0.05) is 18.9 Å². The quantitative estimate of drug-likeness (QED) is 0.657. The standard InChI is InChI=1S/C18H21N3O5/c1-3-4-9-26-18(25)20-14-10-15(21(2)11-14)16(22)19-13-7-5-12(6-8-13)17(23)24/h5-8,10-11H,3-4,9H2,1-2H3,(H,19,22)(H,20,25)(H,23,24). The molecule has 2 amide bonds. The van der Waals surface area contributed by atoms with Crippen molar-refractivity contribution in [1.82, 2.24) is 4.57 Å². The Hall–Kier alpha value is -3.29. The first-order valence-electron chi connectivity index (χ1n) is 8.15. The van der Waals surface area contributed by atoms with Gasteiger partial charge in [-0.2, -0.15) is 0 Å². The molecule has 1 aromatic heterocycles. The van der Waals surface area contributed by atoms with Gasteiger partial charge in [0.2, 0.25) is 0 Å². The molecule has 0 spiro atoms. The number of hydrogen-bond donors (Lipinski definition) is 3. The number of ether oxygens (including phenoxy) is 1. The zero-order chi connectivity index (χ0) is 19.1. The molecule has 2 aromatic rings. The molecular formula is C18H21N3O5. The van der Waals surface area contributed by atoms with E-state index in [1.807, 2.05) is 6.92 Å². The number of nitrogens with one attached hydrogen (secondary N) is 2. The van der Waals surface area contributed by atoms with Crippen molar-refractivity contribution in [3.63, 3.8) is 0 Å². The summed E-state index contributed by atoms with van der Waals surface area (Å²) < 4.78 is 6.59. The van der Waals surface area contributed by atoms with E-state index < -0.39 is 12.1 Å². The number of carbonyl (C=O) groups is 3. The van der Waals surface area contributed by atoms with Gasteiger partial charge in [-0.3, -0.25) is 10.1 Å². The van der Waals surface area contributed by atoms with Crippen molar-refractivity contribution < 1.29 is 24.2 Å². The van der Waals surface area contributed by atoms with Crippen LogP contribution in [0.25, 0.3) is 0 Å². The molecule has 3 N–H and O–H groups in total. The van der Waals surface area contributed by atoms with Crippen molar-refractivity contribution in [3.8, 4) is 0 Å². The monoisotopic (exact) mass is 359 g/mol. The number of carbonyl (C=O) groups excluding carboxylic acids is 2. The van der Waals surface area contributed by atoms with Crippen LogP contribution in [0.2, 0.25) is 0 Å². The van der Waals surface area contributed by atoms with E-state index in [-0.39, 0.29) is 11.5 Å². The maximum Gasteiger partial charge on any atom is 0.411 e. The maximum absolute atomic E-state index is 12.4. The highest BCUT2D eigenvalue weighted by molar-refractivity contribution is 6.04. The second kappa shape index (κ2) is 8.70. The summed E-state index contributed by atoms with van der Waals surface area (Å²) in [5.41, 5.74) is 1.38. The van der Waals surface area contributed by atoms with E-state index in [4.69, 9.17) is 9.84 Å². The van der Waals surface area contributed by atoms with Gasteiger partial charge in [0.05, 0.1) is 17.9 Å². The lowest BCUT2D eigenvalue weighted by Crippen LogP contribution is -2.15. The SMILES string of the molecule is CCCCOC(=O)Nc1cc(C(=O)Nc2ccc(C(=O)O)cc2)n(C)c1. The number of hydrogen-bond acceptors (Lipinski definition) is 4. The lowest BCUT2D eigenvalue weighted by molar-refractivity contribution is 0.0696. The van der Waals surface area contributed by atoms with Crippen LogP contribution in [-0.4, -0.2) is 34.3 Å². The smallest absolute Gasteiger partial charge is 0.411 e. The number of benzene rings is 1. The Balaban J connectivity index is 1.99. The van der Waals surface area contributed by atoms with E-state index in [0.29, 0.717) is 23.7 Å². The third-order valence-corrected chi connectivity index (χ3v) is 3.60. The first-order valence-corrected chi connectivity index (χ1v) is 8.15. The molecule has 0 radical (unpaired) electrons. The summed E-state index contributed by atoms with van der Waals surface area (Å²) >= 11 is 0. The molecule has 138 valence electrons. The van der Waals surface area contributed by atoms with Crippen molar-refractivity contribution in [2.45, 2.75) is 19.8 Å². The molecule has 8 heteroatoms. The number of nitrogens with zero attached hydrogens (tertiary/aromatic N) is 1.